The zero-order valence-electron chi connectivity index (χ0n) is 18.2. The number of carbonyl (C=O) groups is 2. The number of anilines is 2. The Hall–Kier alpha value is -3.56. The van der Waals surface area contributed by atoms with E-state index in [1.54, 1.807) is 24.3 Å². The standard InChI is InChI=1S/C24H21ClN2O6S/c1-32-24(29)17-6-8-18(9-7-17)26-23(28)15-33-22-11-10-19(14-20(22)25)34(30,31)27-13-12-16-4-2-3-5-21(16)27/h2-11,14H,12-13,15H2,1H3,(H,26,28). The Balaban J connectivity index is 1.40. The van der Waals surface area contributed by atoms with E-state index in [1.807, 2.05) is 12.1 Å². The fourth-order valence-electron chi connectivity index (χ4n) is 3.59. The molecule has 1 aliphatic rings. The molecule has 176 valence electrons. The van der Waals surface area contributed by atoms with E-state index in [0.29, 0.717) is 29.9 Å². The zero-order valence-corrected chi connectivity index (χ0v) is 19.7. The summed E-state index contributed by atoms with van der Waals surface area (Å²) in [4.78, 5) is 23.7. The van der Waals surface area contributed by atoms with E-state index in [4.69, 9.17) is 16.3 Å². The molecule has 0 radical (unpaired) electrons. The van der Waals surface area contributed by atoms with Crippen molar-refractivity contribution in [1.82, 2.24) is 0 Å². The van der Waals surface area contributed by atoms with Gasteiger partial charge in [-0.2, -0.15) is 0 Å². The number of rotatable bonds is 7. The first kappa shape index (κ1) is 23.6. The fourth-order valence-corrected chi connectivity index (χ4v) is 5.42. The second-order valence-electron chi connectivity index (χ2n) is 7.45. The predicted octanol–water partition coefficient (Wildman–Crippen LogP) is 3.90. The number of hydrogen-bond acceptors (Lipinski definition) is 6. The number of ether oxygens (including phenoxy) is 2. The van der Waals surface area contributed by atoms with Gasteiger partial charge in [-0.15, -0.1) is 0 Å². The van der Waals surface area contributed by atoms with Crippen molar-refractivity contribution in [1.29, 1.82) is 0 Å². The summed E-state index contributed by atoms with van der Waals surface area (Å²) in [5.74, 6) is -0.749. The third kappa shape index (κ3) is 4.85. The Morgan fingerprint density at radius 3 is 2.50 bits per heavy atom. The number of benzene rings is 3. The van der Waals surface area contributed by atoms with Crippen LogP contribution in [0.3, 0.4) is 0 Å². The fraction of sp³-hybridized carbons (Fsp3) is 0.167. The molecule has 1 amide bonds. The first-order valence-electron chi connectivity index (χ1n) is 10.3. The molecule has 10 heteroatoms. The van der Waals surface area contributed by atoms with E-state index in [2.05, 4.69) is 10.1 Å². The second-order valence-corrected chi connectivity index (χ2v) is 9.72. The predicted molar refractivity (Wildman–Crippen MR) is 128 cm³/mol. The van der Waals surface area contributed by atoms with E-state index < -0.39 is 21.9 Å². The van der Waals surface area contributed by atoms with Crippen molar-refractivity contribution in [3.63, 3.8) is 0 Å². The number of methoxy groups -OCH3 is 1. The van der Waals surface area contributed by atoms with Crippen LogP contribution >= 0.6 is 11.6 Å². The lowest BCUT2D eigenvalue weighted by atomic mass is 10.2. The Kier molecular flexibility index (Phi) is 6.76. The number of sulfonamides is 1. The van der Waals surface area contributed by atoms with E-state index in [0.717, 1.165) is 5.56 Å². The molecule has 1 N–H and O–H groups in total. The molecule has 1 heterocycles. The summed E-state index contributed by atoms with van der Waals surface area (Å²) >= 11 is 6.26. The Bertz CT molecular complexity index is 1340. The number of para-hydroxylation sites is 1. The molecule has 0 saturated carbocycles. The lowest BCUT2D eigenvalue weighted by Gasteiger charge is -2.20. The smallest absolute Gasteiger partial charge is 0.337 e. The Morgan fingerprint density at radius 1 is 1.06 bits per heavy atom. The van der Waals surface area contributed by atoms with Crippen molar-refractivity contribution >= 4 is 44.9 Å². The van der Waals surface area contributed by atoms with Crippen LogP contribution in [-0.2, 0) is 26.0 Å². The van der Waals surface area contributed by atoms with E-state index in [9.17, 15) is 18.0 Å². The second kappa shape index (κ2) is 9.74. The first-order chi connectivity index (χ1) is 16.3. The van der Waals surface area contributed by atoms with Crippen molar-refractivity contribution in [3.05, 3.63) is 82.9 Å². The SMILES string of the molecule is COC(=O)c1ccc(NC(=O)COc2ccc(S(=O)(=O)N3CCc4ccccc43)cc2Cl)cc1. The van der Waals surface area contributed by atoms with Gasteiger partial charge in [-0.25, -0.2) is 13.2 Å². The molecule has 0 aromatic heterocycles. The van der Waals surface area contributed by atoms with Gasteiger partial charge in [-0.3, -0.25) is 9.10 Å². The van der Waals surface area contributed by atoms with Gasteiger partial charge in [0.05, 0.1) is 28.3 Å². The highest BCUT2D eigenvalue weighted by Crippen LogP contribution is 2.35. The van der Waals surface area contributed by atoms with Crippen molar-refractivity contribution in [2.24, 2.45) is 0 Å². The largest absolute Gasteiger partial charge is 0.482 e. The minimum atomic E-state index is -3.79. The van der Waals surface area contributed by atoms with Crippen LogP contribution in [0.25, 0.3) is 0 Å². The molecule has 34 heavy (non-hydrogen) atoms. The van der Waals surface area contributed by atoms with Crippen LogP contribution in [-0.4, -0.2) is 40.6 Å². The molecule has 0 aliphatic carbocycles. The van der Waals surface area contributed by atoms with Crippen LogP contribution < -0.4 is 14.4 Å². The number of halogens is 1. The summed E-state index contributed by atoms with van der Waals surface area (Å²) in [6.45, 7) is 0.0163. The number of esters is 1. The maximum atomic E-state index is 13.1. The van der Waals surface area contributed by atoms with E-state index in [-0.39, 0.29) is 22.3 Å². The van der Waals surface area contributed by atoms with Crippen molar-refractivity contribution in [2.75, 3.05) is 29.9 Å². The van der Waals surface area contributed by atoms with Gasteiger partial charge in [0.2, 0.25) is 0 Å². The highest BCUT2D eigenvalue weighted by molar-refractivity contribution is 7.92. The number of nitrogens with zero attached hydrogens (tertiary/aromatic N) is 1. The molecule has 0 spiro atoms. The van der Waals surface area contributed by atoms with Gasteiger partial charge in [0.1, 0.15) is 5.75 Å². The van der Waals surface area contributed by atoms with Crippen LogP contribution in [0.1, 0.15) is 15.9 Å². The van der Waals surface area contributed by atoms with Gasteiger partial charge in [-0.1, -0.05) is 29.8 Å². The van der Waals surface area contributed by atoms with Crippen molar-refractivity contribution in [2.45, 2.75) is 11.3 Å². The maximum absolute atomic E-state index is 13.1. The topological polar surface area (TPSA) is 102 Å². The number of hydrogen-bond donors (Lipinski definition) is 1. The average Bonchev–Trinajstić information content (AvgIpc) is 3.28. The molecule has 0 unspecified atom stereocenters. The molecule has 3 aromatic rings. The van der Waals surface area contributed by atoms with E-state index in [1.165, 1.54) is 41.7 Å². The molecule has 0 atom stereocenters. The molecule has 0 bridgehead atoms. The summed E-state index contributed by atoms with van der Waals surface area (Å²) in [6, 6.07) is 17.7. The van der Waals surface area contributed by atoms with Gasteiger partial charge in [0.15, 0.2) is 6.61 Å². The summed E-state index contributed by atoms with van der Waals surface area (Å²) in [6.07, 6.45) is 0.644. The molecular formula is C24H21ClN2O6S. The molecule has 8 nitrogen and oxygen atoms in total. The maximum Gasteiger partial charge on any atom is 0.337 e. The van der Waals surface area contributed by atoms with Crippen molar-refractivity contribution < 1.29 is 27.5 Å². The first-order valence-corrected chi connectivity index (χ1v) is 12.1. The summed E-state index contributed by atoms with van der Waals surface area (Å²) < 4.78 is 37.8. The monoisotopic (exact) mass is 500 g/mol. The molecule has 0 saturated heterocycles. The van der Waals surface area contributed by atoms with Crippen molar-refractivity contribution in [3.8, 4) is 5.75 Å². The Labute approximate surface area is 202 Å². The minimum absolute atomic E-state index is 0.0386. The third-order valence-corrected chi connectivity index (χ3v) is 7.39. The number of amides is 1. The zero-order chi connectivity index (χ0) is 24.3. The highest BCUT2D eigenvalue weighted by Gasteiger charge is 2.31. The van der Waals surface area contributed by atoms with Gasteiger partial charge in [-0.05, 0) is 60.5 Å². The van der Waals surface area contributed by atoms with Crippen LogP contribution in [0.5, 0.6) is 5.75 Å². The highest BCUT2D eigenvalue weighted by atomic mass is 35.5. The molecule has 4 rings (SSSR count). The molecular weight excluding hydrogens is 480 g/mol. The van der Waals surface area contributed by atoms with Gasteiger partial charge in [0.25, 0.3) is 15.9 Å². The van der Waals surface area contributed by atoms with Gasteiger partial charge in [0, 0.05) is 12.2 Å². The third-order valence-electron chi connectivity index (χ3n) is 5.28. The summed E-state index contributed by atoms with van der Waals surface area (Å²) in [5, 5.41) is 2.71. The normalized spacial score (nSPS) is 12.7. The van der Waals surface area contributed by atoms with Gasteiger partial charge >= 0.3 is 5.97 Å². The average molecular weight is 501 g/mol. The van der Waals surface area contributed by atoms with Crippen LogP contribution in [0, 0.1) is 0 Å². The quantitative estimate of drug-likeness (QED) is 0.494. The molecule has 0 fully saturated rings. The summed E-state index contributed by atoms with van der Waals surface area (Å²) in [7, 11) is -2.51. The summed E-state index contributed by atoms with van der Waals surface area (Å²) in [5.41, 5.74) is 2.47. The minimum Gasteiger partial charge on any atom is -0.482 e. The van der Waals surface area contributed by atoms with Crippen LogP contribution in [0.15, 0.2) is 71.6 Å². The van der Waals surface area contributed by atoms with E-state index >= 15 is 0 Å². The number of fused-ring (bicyclic) bond motifs is 1. The lowest BCUT2D eigenvalue weighted by Crippen LogP contribution is -2.29. The van der Waals surface area contributed by atoms with Crippen LogP contribution in [0.2, 0.25) is 5.02 Å². The van der Waals surface area contributed by atoms with Gasteiger partial charge < -0.3 is 14.8 Å². The molecule has 3 aromatic carbocycles. The Morgan fingerprint density at radius 2 is 1.79 bits per heavy atom. The lowest BCUT2D eigenvalue weighted by molar-refractivity contribution is -0.118. The molecule has 1 aliphatic heterocycles. The van der Waals surface area contributed by atoms with Crippen LogP contribution in [0.4, 0.5) is 11.4 Å². The number of carbonyl (C=O) groups excluding carboxylic acids is 2. The number of nitrogens with one attached hydrogen (secondary N) is 1.